The molecule has 0 amide bonds. The molecule has 1 nitrogen and oxygen atoms in total. The van der Waals surface area contributed by atoms with E-state index in [0.29, 0.717) is 0 Å². The molecule has 0 aliphatic carbocycles. The molecular weight excluding hydrogens is 262 g/mol. The number of benzene rings is 2. The fraction of sp³-hybridized carbons (Fsp3) is 0.333. The van der Waals surface area contributed by atoms with Crippen molar-refractivity contribution in [2.75, 3.05) is 12.3 Å². The zero-order valence-electron chi connectivity index (χ0n) is 12.5. The summed E-state index contributed by atoms with van der Waals surface area (Å²) in [7, 11) is 0. The molecule has 2 aromatic rings. The van der Waals surface area contributed by atoms with Gasteiger partial charge >= 0.3 is 0 Å². The highest BCUT2D eigenvalue weighted by molar-refractivity contribution is 7.99. The van der Waals surface area contributed by atoms with Crippen LogP contribution in [0.1, 0.15) is 36.6 Å². The van der Waals surface area contributed by atoms with Crippen LogP contribution in [0.3, 0.4) is 0 Å². The van der Waals surface area contributed by atoms with E-state index >= 15 is 0 Å². The Hall–Kier alpha value is -1.25. The fourth-order valence-corrected chi connectivity index (χ4v) is 3.07. The van der Waals surface area contributed by atoms with Crippen LogP contribution in [0.2, 0.25) is 0 Å². The Bertz CT molecular complexity index is 533. The molecule has 1 unspecified atom stereocenters. The quantitative estimate of drug-likeness (QED) is 0.765. The van der Waals surface area contributed by atoms with E-state index < -0.39 is 0 Å². The minimum Gasteiger partial charge on any atom is -0.307 e. The number of hydrogen-bond acceptors (Lipinski definition) is 2. The van der Waals surface area contributed by atoms with Crippen LogP contribution >= 0.6 is 11.8 Å². The maximum absolute atomic E-state index is 3.59. The second-order valence-electron chi connectivity index (χ2n) is 4.91. The van der Waals surface area contributed by atoms with Gasteiger partial charge in [-0.05, 0) is 42.5 Å². The minimum atomic E-state index is 0.278. The molecule has 0 heterocycles. The summed E-state index contributed by atoms with van der Waals surface area (Å²) in [5.41, 5.74) is 3.98. The van der Waals surface area contributed by atoms with Gasteiger partial charge in [0.1, 0.15) is 0 Å². The van der Waals surface area contributed by atoms with Crippen LogP contribution in [0.15, 0.2) is 53.4 Å². The Morgan fingerprint density at radius 3 is 2.35 bits per heavy atom. The lowest BCUT2D eigenvalue weighted by molar-refractivity contribution is 0.630. The molecule has 0 radical (unpaired) electrons. The standard InChI is InChI=1S/C18H23NS/c1-4-19-18(16-8-6-7-14(3)13-16)15-9-11-17(12-10-15)20-5-2/h6-13,18-19H,4-5H2,1-3H3. The molecule has 0 bridgehead atoms. The topological polar surface area (TPSA) is 12.0 Å². The molecule has 0 aromatic heterocycles. The molecule has 2 aromatic carbocycles. The first-order valence-electron chi connectivity index (χ1n) is 7.27. The summed E-state index contributed by atoms with van der Waals surface area (Å²) < 4.78 is 0. The van der Waals surface area contributed by atoms with Crippen LogP contribution in [0.5, 0.6) is 0 Å². The van der Waals surface area contributed by atoms with Gasteiger partial charge in [-0.1, -0.05) is 55.8 Å². The van der Waals surface area contributed by atoms with Gasteiger partial charge in [-0.15, -0.1) is 11.8 Å². The number of hydrogen-bond donors (Lipinski definition) is 1. The van der Waals surface area contributed by atoms with Crippen molar-refractivity contribution in [3.05, 3.63) is 65.2 Å². The SMILES string of the molecule is CCNC(c1ccc(SCC)cc1)c1cccc(C)c1. The Morgan fingerprint density at radius 2 is 1.75 bits per heavy atom. The third-order valence-corrected chi connectivity index (χ3v) is 4.20. The maximum Gasteiger partial charge on any atom is 0.0576 e. The van der Waals surface area contributed by atoms with Crippen LogP contribution in [0.4, 0.5) is 0 Å². The lowest BCUT2D eigenvalue weighted by Crippen LogP contribution is -2.22. The summed E-state index contributed by atoms with van der Waals surface area (Å²) in [6.45, 7) is 7.45. The fourth-order valence-electron chi connectivity index (χ4n) is 2.41. The van der Waals surface area contributed by atoms with E-state index in [4.69, 9.17) is 0 Å². The average molecular weight is 285 g/mol. The summed E-state index contributed by atoms with van der Waals surface area (Å²) in [4.78, 5) is 1.34. The van der Waals surface area contributed by atoms with Gasteiger partial charge in [-0.2, -0.15) is 0 Å². The van der Waals surface area contributed by atoms with Gasteiger partial charge in [-0.3, -0.25) is 0 Å². The zero-order valence-corrected chi connectivity index (χ0v) is 13.3. The second kappa shape index (κ2) is 7.51. The molecule has 1 atom stereocenters. The number of rotatable bonds is 6. The molecule has 106 valence electrons. The van der Waals surface area contributed by atoms with Crippen molar-refractivity contribution in [3.63, 3.8) is 0 Å². The second-order valence-corrected chi connectivity index (χ2v) is 6.24. The summed E-state index contributed by atoms with van der Waals surface area (Å²) in [5, 5.41) is 3.59. The third-order valence-electron chi connectivity index (χ3n) is 3.31. The van der Waals surface area contributed by atoms with Crippen LogP contribution in [-0.2, 0) is 0 Å². The van der Waals surface area contributed by atoms with Gasteiger partial charge < -0.3 is 5.32 Å². The van der Waals surface area contributed by atoms with Gasteiger partial charge in [0.15, 0.2) is 0 Å². The van der Waals surface area contributed by atoms with E-state index in [1.165, 1.54) is 21.6 Å². The van der Waals surface area contributed by atoms with Gasteiger partial charge in [0.2, 0.25) is 0 Å². The van der Waals surface area contributed by atoms with Crippen molar-refractivity contribution in [1.82, 2.24) is 5.32 Å². The first-order chi connectivity index (χ1) is 9.74. The molecule has 20 heavy (non-hydrogen) atoms. The van der Waals surface area contributed by atoms with Crippen molar-refractivity contribution in [2.24, 2.45) is 0 Å². The molecule has 0 aliphatic heterocycles. The van der Waals surface area contributed by atoms with Gasteiger partial charge in [0.25, 0.3) is 0 Å². The van der Waals surface area contributed by atoms with Gasteiger partial charge in [0.05, 0.1) is 6.04 Å². The molecule has 2 rings (SSSR count). The normalized spacial score (nSPS) is 12.3. The van der Waals surface area contributed by atoms with Crippen LogP contribution in [-0.4, -0.2) is 12.3 Å². The molecule has 1 N–H and O–H groups in total. The molecular formula is C18H23NS. The number of aryl methyl sites for hydroxylation is 1. The molecule has 0 aliphatic rings. The van der Waals surface area contributed by atoms with Crippen LogP contribution in [0, 0.1) is 6.92 Å². The Labute approximate surface area is 126 Å². The predicted molar refractivity (Wildman–Crippen MR) is 89.5 cm³/mol. The molecule has 0 spiro atoms. The molecule has 0 fully saturated rings. The highest BCUT2D eigenvalue weighted by Crippen LogP contribution is 2.25. The predicted octanol–water partition coefficient (Wildman–Crippen LogP) is 4.81. The maximum atomic E-state index is 3.59. The highest BCUT2D eigenvalue weighted by atomic mass is 32.2. The lowest BCUT2D eigenvalue weighted by Gasteiger charge is -2.19. The summed E-state index contributed by atoms with van der Waals surface area (Å²) >= 11 is 1.89. The largest absolute Gasteiger partial charge is 0.307 e. The number of thioether (sulfide) groups is 1. The molecule has 0 saturated carbocycles. The first kappa shape index (κ1) is 15.1. The summed E-state index contributed by atoms with van der Waals surface area (Å²) in [6, 6.07) is 18.0. The number of nitrogens with one attached hydrogen (secondary N) is 1. The zero-order chi connectivity index (χ0) is 14.4. The van der Waals surface area contributed by atoms with E-state index in [0.717, 1.165) is 12.3 Å². The van der Waals surface area contributed by atoms with E-state index in [-0.39, 0.29) is 6.04 Å². The Balaban J connectivity index is 2.28. The lowest BCUT2D eigenvalue weighted by atomic mass is 9.97. The van der Waals surface area contributed by atoms with Gasteiger partial charge in [0, 0.05) is 4.90 Å². The minimum absolute atomic E-state index is 0.278. The van der Waals surface area contributed by atoms with Crippen LogP contribution < -0.4 is 5.32 Å². The smallest absolute Gasteiger partial charge is 0.0576 e. The van der Waals surface area contributed by atoms with Gasteiger partial charge in [-0.25, -0.2) is 0 Å². The highest BCUT2D eigenvalue weighted by Gasteiger charge is 2.12. The average Bonchev–Trinajstić information content (AvgIpc) is 2.46. The van der Waals surface area contributed by atoms with E-state index in [2.05, 4.69) is 74.6 Å². The Morgan fingerprint density at radius 1 is 1.00 bits per heavy atom. The first-order valence-corrected chi connectivity index (χ1v) is 8.25. The van der Waals surface area contributed by atoms with Crippen molar-refractivity contribution >= 4 is 11.8 Å². The monoisotopic (exact) mass is 285 g/mol. The van der Waals surface area contributed by atoms with E-state index in [1.807, 2.05) is 11.8 Å². The molecule has 0 saturated heterocycles. The van der Waals surface area contributed by atoms with Crippen molar-refractivity contribution in [2.45, 2.75) is 31.7 Å². The van der Waals surface area contributed by atoms with E-state index in [1.54, 1.807) is 0 Å². The van der Waals surface area contributed by atoms with Crippen molar-refractivity contribution < 1.29 is 0 Å². The van der Waals surface area contributed by atoms with Crippen molar-refractivity contribution in [3.8, 4) is 0 Å². The van der Waals surface area contributed by atoms with E-state index in [9.17, 15) is 0 Å². The summed E-state index contributed by atoms with van der Waals surface area (Å²) in [5.74, 6) is 1.12. The Kier molecular flexibility index (Phi) is 5.69. The molecule has 2 heteroatoms. The summed E-state index contributed by atoms with van der Waals surface area (Å²) in [6.07, 6.45) is 0. The van der Waals surface area contributed by atoms with Crippen LogP contribution in [0.25, 0.3) is 0 Å². The third kappa shape index (κ3) is 3.87. The van der Waals surface area contributed by atoms with Crippen molar-refractivity contribution in [1.29, 1.82) is 0 Å².